The summed E-state index contributed by atoms with van der Waals surface area (Å²) in [7, 11) is -3.62. The van der Waals surface area contributed by atoms with Crippen LogP contribution in [-0.4, -0.2) is 24.5 Å². The Balaban J connectivity index is 2.03. The van der Waals surface area contributed by atoms with Gasteiger partial charge in [-0.25, -0.2) is 18.1 Å². The van der Waals surface area contributed by atoms with Crippen molar-refractivity contribution in [2.24, 2.45) is 0 Å². The van der Waals surface area contributed by atoms with Gasteiger partial charge in [-0.3, -0.25) is 0 Å². The summed E-state index contributed by atoms with van der Waals surface area (Å²) in [6, 6.07) is 5.02. The minimum absolute atomic E-state index is 0.00518. The van der Waals surface area contributed by atoms with Crippen LogP contribution in [0, 0.1) is 0 Å². The van der Waals surface area contributed by atoms with Gasteiger partial charge in [0.1, 0.15) is 10.0 Å². The molecule has 0 aliphatic rings. The average Bonchev–Trinajstić information content (AvgIpc) is 2.85. The summed E-state index contributed by atoms with van der Waals surface area (Å²) in [4.78, 5) is 3.71. The first-order chi connectivity index (χ1) is 8.99. The summed E-state index contributed by atoms with van der Waals surface area (Å²) in [5, 5.41) is 0.183. The Kier molecular flexibility index (Phi) is 4.46. The molecule has 0 bridgehead atoms. The van der Waals surface area contributed by atoms with Crippen LogP contribution in [0.4, 0.5) is 0 Å². The molecule has 19 heavy (non-hydrogen) atoms. The van der Waals surface area contributed by atoms with E-state index in [1.165, 1.54) is 12.3 Å². The van der Waals surface area contributed by atoms with Crippen molar-refractivity contribution >= 4 is 33.2 Å². The smallest absolute Gasteiger partial charge is 0.242 e. The number of halogens is 2. The Morgan fingerprint density at radius 3 is 2.58 bits per heavy atom. The normalized spacial score (nSPS) is 11.7. The Morgan fingerprint density at radius 2 is 1.95 bits per heavy atom. The van der Waals surface area contributed by atoms with Crippen LogP contribution in [0.2, 0.25) is 10.2 Å². The van der Waals surface area contributed by atoms with Crippen molar-refractivity contribution in [2.45, 2.75) is 11.4 Å². The van der Waals surface area contributed by atoms with Crippen molar-refractivity contribution in [1.29, 1.82) is 0 Å². The summed E-state index contributed by atoms with van der Waals surface area (Å²) in [6.07, 6.45) is 4.89. The van der Waals surface area contributed by atoms with Crippen LogP contribution < -0.4 is 4.72 Å². The van der Waals surface area contributed by atoms with Crippen molar-refractivity contribution < 1.29 is 8.42 Å². The van der Waals surface area contributed by atoms with E-state index in [1.54, 1.807) is 0 Å². The van der Waals surface area contributed by atoms with E-state index in [-0.39, 0.29) is 21.6 Å². The lowest BCUT2D eigenvalue weighted by atomic mass is 10.5. The molecule has 8 heteroatoms. The number of pyridine rings is 1. The molecule has 0 radical (unpaired) electrons. The number of nitrogens with zero attached hydrogens (tertiary/aromatic N) is 2. The molecule has 0 aromatic carbocycles. The molecule has 0 saturated carbocycles. The van der Waals surface area contributed by atoms with Crippen LogP contribution in [0.25, 0.3) is 0 Å². The molecule has 0 atom stereocenters. The summed E-state index contributed by atoms with van der Waals surface area (Å²) in [5.41, 5.74) is 0. The molecular weight excluding hydrogens is 309 g/mol. The zero-order chi connectivity index (χ0) is 13.9. The van der Waals surface area contributed by atoms with Gasteiger partial charge < -0.3 is 4.57 Å². The number of hydrogen-bond donors (Lipinski definition) is 1. The van der Waals surface area contributed by atoms with Gasteiger partial charge in [0.25, 0.3) is 0 Å². The third-order valence-electron chi connectivity index (χ3n) is 2.41. The van der Waals surface area contributed by atoms with Crippen LogP contribution >= 0.6 is 23.2 Å². The van der Waals surface area contributed by atoms with Crippen molar-refractivity contribution in [3.8, 4) is 0 Å². The van der Waals surface area contributed by atoms with E-state index in [9.17, 15) is 8.42 Å². The van der Waals surface area contributed by atoms with Gasteiger partial charge in [0, 0.05) is 31.7 Å². The second kappa shape index (κ2) is 5.92. The van der Waals surface area contributed by atoms with Gasteiger partial charge in [0.15, 0.2) is 0 Å². The molecule has 0 spiro atoms. The van der Waals surface area contributed by atoms with Crippen LogP contribution in [0.3, 0.4) is 0 Å². The van der Waals surface area contributed by atoms with E-state index in [1.807, 2.05) is 29.1 Å². The maximum atomic E-state index is 12.0. The van der Waals surface area contributed by atoms with Crippen LogP contribution in [-0.2, 0) is 16.6 Å². The summed E-state index contributed by atoms with van der Waals surface area (Å²) >= 11 is 11.4. The fraction of sp³-hybridized carbons (Fsp3) is 0.182. The summed E-state index contributed by atoms with van der Waals surface area (Å²) in [6.45, 7) is 0.818. The summed E-state index contributed by atoms with van der Waals surface area (Å²) < 4.78 is 28.3. The quantitative estimate of drug-likeness (QED) is 0.859. The molecule has 2 aromatic rings. The van der Waals surface area contributed by atoms with E-state index in [0.717, 1.165) is 0 Å². The molecule has 0 saturated heterocycles. The fourth-order valence-corrected chi connectivity index (χ4v) is 2.79. The number of nitrogens with one attached hydrogen (secondary N) is 1. The van der Waals surface area contributed by atoms with Gasteiger partial charge in [-0.1, -0.05) is 23.2 Å². The zero-order valence-corrected chi connectivity index (χ0v) is 12.1. The Bertz CT molecular complexity index is 657. The van der Waals surface area contributed by atoms with Crippen molar-refractivity contribution in [3.05, 3.63) is 47.0 Å². The first kappa shape index (κ1) is 14.3. The monoisotopic (exact) mass is 319 g/mol. The van der Waals surface area contributed by atoms with Gasteiger partial charge in [0.2, 0.25) is 10.0 Å². The van der Waals surface area contributed by atoms with Gasteiger partial charge in [0.05, 0.1) is 5.02 Å². The molecule has 2 aromatic heterocycles. The lowest BCUT2D eigenvalue weighted by molar-refractivity contribution is 0.573. The largest absolute Gasteiger partial charge is 0.353 e. The van der Waals surface area contributed by atoms with E-state index < -0.39 is 10.0 Å². The van der Waals surface area contributed by atoms with Crippen LogP contribution in [0.1, 0.15) is 0 Å². The van der Waals surface area contributed by atoms with Crippen LogP contribution in [0.15, 0.2) is 41.7 Å². The molecule has 2 rings (SSSR count). The second-order valence-corrected chi connectivity index (χ2v) is 6.29. The third kappa shape index (κ3) is 3.70. The van der Waals surface area contributed by atoms with Gasteiger partial charge >= 0.3 is 0 Å². The first-order valence-corrected chi connectivity index (χ1v) is 7.64. The standard InChI is InChI=1S/C11H11Cl2N3O2S/c12-10-7-9(8-14-11(10)13)19(17,18)15-3-6-16-4-1-2-5-16/h1-2,4-5,7-8,15H,3,6H2. The van der Waals surface area contributed by atoms with Crippen molar-refractivity contribution in [3.63, 3.8) is 0 Å². The Hall–Kier alpha value is -1.08. The number of rotatable bonds is 5. The maximum absolute atomic E-state index is 12.0. The molecule has 1 N–H and O–H groups in total. The minimum Gasteiger partial charge on any atom is -0.353 e. The summed E-state index contributed by atoms with van der Waals surface area (Å²) in [5.74, 6) is 0. The molecule has 0 unspecified atom stereocenters. The van der Waals surface area contributed by atoms with Gasteiger partial charge in [-0.05, 0) is 18.2 Å². The average molecular weight is 320 g/mol. The number of hydrogen-bond acceptors (Lipinski definition) is 3. The molecule has 0 aliphatic carbocycles. The van der Waals surface area contributed by atoms with Gasteiger partial charge in [-0.15, -0.1) is 0 Å². The van der Waals surface area contributed by atoms with E-state index in [2.05, 4.69) is 9.71 Å². The third-order valence-corrected chi connectivity index (χ3v) is 4.52. The SMILES string of the molecule is O=S(=O)(NCCn1cccc1)c1cnc(Cl)c(Cl)c1. The Labute approximate surface area is 121 Å². The van der Waals surface area contributed by atoms with E-state index >= 15 is 0 Å². The molecule has 5 nitrogen and oxygen atoms in total. The molecule has 0 fully saturated rings. The molecule has 0 amide bonds. The lowest BCUT2D eigenvalue weighted by Gasteiger charge is -2.07. The second-order valence-electron chi connectivity index (χ2n) is 3.76. The highest BCUT2D eigenvalue weighted by molar-refractivity contribution is 7.89. The van der Waals surface area contributed by atoms with E-state index in [0.29, 0.717) is 6.54 Å². The highest BCUT2D eigenvalue weighted by atomic mass is 35.5. The topological polar surface area (TPSA) is 64.0 Å². The predicted molar refractivity (Wildman–Crippen MR) is 73.9 cm³/mol. The first-order valence-electron chi connectivity index (χ1n) is 5.40. The zero-order valence-electron chi connectivity index (χ0n) is 9.75. The van der Waals surface area contributed by atoms with Crippen molar-refractivity contribution in [2.75, 3.05) is 6.54 Å². The lowest BCUT2D eigenvalue weighted by Crippen LogP contribution is -2.27. The maximum Gasteiger partial charge on any atom is 0.242 e. The predicted octanol–water partition coefficient (Wildman–Crippen LogP) is 2.17. The van der Waals surface area contributed by atoms with E-state index in [4.69, 9.17) is 23.2 Å². The highest BCUT2D eigenvalue weighted by Gasteiger charge is 2.15. The minimum atomic E-state index is -3.62. The fourth-order valence-electron chi connectivity index (χ4n) is 1.46. The highest BCUT2D eigenvalue weighted by Crippen LogP contribution is 2.21. The van der Waals surface area contributed by atoms with Gasteiger partial charge in [-0.2, -0.15) is 0 Å². The number of sulfonamides is 1. The molecule has 0 aliphatic heterocycles. The Morgan fingerprint density at radius 1 is 1.26 bits per heavy atom. The number of aromatic nitrogens is 2. The molecule has 2 heterocycles. The molecule has 102 valence electrons. The molecular formula is C11H11Cl2N3O2S. The van der Waals surface area contributed by atoms with Crippen molar-refractivity contribution in [1.82, 2.24) is 14.3 Å². The van der Waals surface area contributed by atoms with Crippen LogP contribution in [0.5, 0.6) is 0 Å².